The van der Waals surface area contributed by atoms with E-state index in [4.69, 9.17) is 0 Å². The van der Waals surface area contributed by atoms with Crippen LogP contribution in [0.2, 0.25) is 0 Å². The highest BCUT2D eigenvalue weighted by Crippen LogP contribution is 2.41. The highest BCUT2D eigenvalue weighted by molar-refractivity contribution is 5.18. The van der Waals surface area contributed by atoms with E-state index in [1.165, 1.54) is 12.1 Å². The second-order valence-electron chi connectivity index (χ2n) is 6.33. The summed E-state index contributed by atoms with van der Waals surface area (Å²) in [7, 11) is 0. The predicted octanol–water partition coefficient (Wildman–Crippen LogP) is 0.791. The first-order valence-corrected chi connectivity index (χ1v) is 7.34. The van der Waals surface area contributed by atoms with E-state index in [0.717, 1.165) is 32.5 Å². The molecular weight excluding hydrogens is 240 g/mol. The van der Waals surface area contributed by atoms with Gasteiger partial charge in [0.15, 0.2) is 0 Å². The summed E-state index contributed by atoms with van der Waals surface area (Å²) in [4.78, 5) is 14.6. The number of pyridine rings is 1. The van der Waals surface area contributed by atoms with E-state index in [0.29, 0.717) is 17.9 Å². The quantitative estimate of drug-likeness (QED) is 0.750. The van der Waals surface area contributed by atoms with Crippen molar-refractivity contribution in [3.8, 4) is 0 Å². The van der Waals surface area contributed by atoms with E-state index in [9.17, 15) is 9.90 Å². The number of fused-ring (bicyclic) bond motifs is 6. The maximum Gasteiger partial charge on any atom is 0.250 e. The molecule has 0 spiro atoms. The van der Waals surface area contributed by atoms with E-state index in [2.05, 4.69) is 11.0 Å². The molecule has 102 valence electrons. The van der Waals surface area contributed by atoms with Crippen molar-refractivity contribution in [3.63, 3.8) is 0 Å². The van der Waals surface area contributed by atoms with Crippen LogP contribution < -0.4 is 5.56 Å². The molecule has 0 aliphatic carbocycles. The molecule has 1 N–H and O–H groups in total. The molecule has 4 rings (SSSR count). The molecule has 0 aromatic carbocycles. The zero-order valence-corrected chi connectivity index (χ0v) is 11.0. The molecule has 2 saturated heterocycles. The maximum absolute atomic E-state index is 12.0. The van der Waals surface area contributed by atoms with Crippen molar-refractivity contribution in [1.29, 1.82) is 0 Å². The Morgan fingerprint density at radius 1 is 1.21 bits per heavy atom. The fourth-order valence-electron chi connectivity index (χ4n) is 4.36. The molecular formula is C15H20N2O2. The lowest BCUT2D eigenvalue weighted by molar-refractivity contribution is -0.0247. The Bertz CT molecular complexity index is 553. The molecule has 0 unspecified atom stereocenters. The molecule has 3 aliphatic heterocycles. The number of hydrogen-bond acceptors (Lipinski definition) is 3. The molecule has 2 fully saturated rings. The fraction of sp³-hybridized carbons (Fsp3) is 0.667. The van der Waals surface area contributed by atoms with Crippen molar-refractivity contribution in [1.82, 2.24) is 9.47 Å². The van der Waals surface area contributed by atoms with Crippen molar-refractivity contribution in [3.05, 3.63) is 34.2 Å². The van der Waals surface area contributed by atoms with Gasteiger partial charge < -0.3 is 9.67 Å². The number of rotatable bonds is 0. The summed E-state index contributed by atoms with van der Waals surface area (Å²) >= 11 is 0. The van der Waals surface area contributed by atoms with E-state index in [1.54, 1.807) is 6.07 Å². The Morgan fingerprint density at radius 2 is 2.11 bits per heavy atom. The highest BCUT2D eigenvalue weighted by Gasteiger charge is 2.43. The molecule has 4 nitrogen and oxygen atoms in total. The largest absolute Gasteiger partial charge is 0.393 e. The van der Waals surface area contributed by atoms with Gasteiger partial charge in [-0.3, -0.25) is 9.69 Å². The van der Waals surface area contributed by atoms with Gasteiger partial charge in [0.25, 0.3) is 5.56 Å². The van der Waals surface area contributed by atoms with Crippen LogP contribution in [0.25, 0.3) is 0 Å². The Kier molecular flexibility index (Phi) is 2.57. The van der Waals surface area contributed by atoms with Crippen LogP contribution in [0.15, 0.2) is 23.0 Å². The zero-order valence-electron chi connectivity index (χ0n) is 11.0. The first-order valence-electron chi connectivity index (χ1n) is 7.34. The number of aliphatic hydroxyl groups excluding tert-OH is 1. The lowest BCUT2D eigenvalue weighted by atomic mass is 9.75. The molecule has 2 bridgehead atoms. The second-order valence-corrected chi connectivity index (χ2v) is 6.33. The van der Waals surface area contributed by atoms with Gasteiger partial charge in [-0.1, -0.05) is 6.07 Å². The minimum Gasteiger partial charge on any atom is -0.393 e. The van der Waals surface area contributed by atoms with Crippen molar-refractivity contribution in [2.75, 3.05) is 13.1 Å². The summed E-state index contributed by atoms with van der Waals surface area (Å²) < 4.78 is 1.97. The summed E-state index contributed by atoms with van der Waals surface area (Å²) in [5, 5.41) is 9.90. The monoisotopic (exact) mass is 260 g/mol. The summed E-state index contributed by atoms with van der Waals surface area (Å²) in [6.45, 7) is 2.90. The minimum atomic E-state index is -0.147. The summed E-state index contributed by atoms with van der Waals surface area (Å²) in [5.74, 6) is 1.03. The zero-order chi connectivity index (χ0) is 13.0. The van der Waals surface area contributed by atoms with Gasteiger partial charge >= 0.3 is 0 Å². The summed E-state index contributed by atoms with van der Waals surface area (Å²) in [5.41, 5.74) is 1.35. The first-order chi connectivity index (χ1) is 9.22. The van der Waals surface area contributed by atoms with Gasteiger partial charge in [-0.05, 0) is 31.2 Å². The molecule has 4 heterocycles. The van der Waals surface area contributed by atoms with Crippen LogP contribution >= 0.6 is 0 Å². The molecule has 1 aromatic rings. The average molecular weight is 260 g/mol. The number of piperidine rings is 2. The van der Waals surface area contributed by atoms with Crippen LogP contribution in [0, 0.1) is 5.92 Å². The molecule has 0 saturated carbocycles. The van der Waals surface area contributed by atoms with Gasteiger partial charge in [-0.2, -0.15) is 0 Å². The third kappa shape index (κ3) is 1.77. The lowest BCUT2D eigenvalue weighted by Crippen LogP contribution is -2.56. The molecule has 0 radical (unpaired) electrons. The second kappa shape index (κ2) is 4.18. The van der Waals surface area contributed by atoms with Crippen LogP contribution in [0.1, 0.15) is 30.9 Å². The molecule has 3 aliphatic rings. The third-order valence-electron chi connectivity index (χ3n) is 5.24. The van der Waals surface area contributed by atoms with Crippen molar-refractivity contribution < 1.29 is 5.11 Å². The van der Waals surface area contributed by atoms with Gasteiger partial charge in [0, 0.05) is 43.4 Å². The number of aromatic nitrogens is 1. The number of nitrogens with zero attached hydrogens (tertiary/aromatic N) is 2. The molecule has 19 heavy (non-hydrogen) atoms. The van der Waals surface area contributed by atoms with Crippen LogP contribution in [-0.4, -0.2) is 39.8 Å². The number of aliphatic hydroxyl groups is 1. The topological polar surface area (TPSA) is 45.5 Å². The first kappa shape index (κ1) is 11.7. The lowest BCUT2D eigenvalue weighted by Gasteiger charge is -2.51. The van der Waals surface area contributed by atoms with Gasteiger partial charge in [0.05, 0.1) is 6.10 Å². The summed E-state index contributed by atoms with van der Waals surface area (Å²) in [6.07, 6.45) is 2.81. The highest BCUT2D eigenvalue weighted by atomic mass is 16.3. The van der Waals surface area contributed by atoms with E-state index < -0.39 is 0 Å². The normalized spacial score (nSPS) is 37.5. The molecule has 1 aromatic heterocycles. The predicted molar refractivity (Wildman–Crippen MR) is 72.2 cm³/mol. The van der Waals surface area contributed by atoms with Crippen molar-refractivity contribution >= 4 is 0 Å². The average Bonchev–Trinajstić information content (AvgIpc) is 2.41. The smallest absolute Gasteiger partial charge is 0.250 e. The van der Waals surface area contributed by atoms with Gasteiger partial charge in [0.1, 0.15) is 0 Å². The standard InChI is InChI=1S/C15H20N2O2/c18-12-4-5-16-8-10-6-11(14(16)7-12)9-17-13(10)2-1-3-15(17)19/h1-3,10-12,14,18H,4-9H2/t10-,11-,12-,14-/m1/s1. The molecule has 0 amide bonds. The fourth-order valence-corrected chi connectivity index (χ4v) is 4.36. The van der Waals surface area contributed by atoms with Crippen LogP contribution in [-0.2, 0) is 6.54 Å². The van der Waals surface area contributed by atoms with Gasteiger partial charge in [0.2, 0.25) is 0 Å². The molecule has 4 heteroatoms. The van der Waals surface area contributed by atoms with Gasteiger partial charge in [-0.25, -0.2) is 0 Å². The van der Waals surface area contributed by atoms with E-state index in [-0.39, 0.29) is 11.7 Å². The Balaban J connectivity index is 1.73. The minimum absolute atomic E-state index is 0.136. The number of hydrogen-bond donors (Lipinski definition) is 1. The molecule has 4 atom stereocenters. The van der Waals surface area contributed by atoms with E-state index >= 15 is 0 Å². The van der Waals surface area contributed by atoms with Crippen LogP contribution in [0.3, 0.4) is 0 Å². The Hall–Kier alpha value is -1.13. The van der Waals surface area contributed by atoms with Crippen LogP contribution in [0.5, 0.6) is 0 Å². The maximum atomic E-state index is 12.0. The third-order valence-corrected chi connectivity index (χ3v) is 5.24. The Labute approximate surface area is 112 Å². The van der Waals surface area contributed by atoms with Crippen LogP contribution in [0.4, 0.5) is 0 Å². The van der Waals surface area contributed by atoms with E-state index in [1.807, 2.05) is 10.6 Å². The SMILES string of the molecule is O=c1cccc2n1C[C@H]1C[C@@H]2CN2CC[C@@H](O)C[C@H]12. The Morgan fingerprint density at radius 3 is 3.00 bits per heavy atom. The van der Waals surface area contributed by atoms with Crippen molar-refractivity contribution in [2.24, 2.45) is 5.92 Å². The van der Waals surface area contributed by atoms with Gasteiger partial charge in [-0.15, -0.1) is 0 Å². The summed E-state index contributed by atoms with van der Waals surface area (Å²) in [6, 6.07) is 6.14. The van der Waals surface area contributed by atoms with Crippen molar-refractivity contribution in [2.45, 2.75) is 43.9 Å².